The molecule has 0 heterocycles. The van der Waals surface area contributed by atoms with E-state index in [0.29, 0.717) is 5.56 Å². The smallest absolute Gasteiger partial charge is 0.249 e. The van der Waals surface area contributed by atoms with Crippen LogP contribution in [-0.4, -0.2) is 20.0 Å². The molecule has 0 radical (unpaired) electrons. The zero-order valence-corrected chi connectivity index (χ0v) is 8.01. The standard InChI is InChI=1S/C9H10N4O/c1-13(2)8-5-3-7(4-6-8)9(14)11-12-10/h3-6H,1-2H3. The monoisotopic (exact) mass is 190 g/mol. The molecule has 0 spiro atoms. The Balaban J connectivity index is 2.93. The van der Waals surface area contributed by atoms with Gasteiger partial charge in [0.05, 0.1) is 0 Å². The zero-order chi connectivity index (χ0) is 10.6. The fraction of sp³-hybridized carbons (Fsp3) is 0.222. The van der Waals surface area contributed by atoms with E-state index in [0.717, 1.165) is 5.69 Å². The number of amides is 1. The third-order valence-corrected chi connectivity index (χ3v) is 1.77. The first-order chi connectivity index (χ1) is 6.65. The molecule has 14 heavy (non-hydrogen) atoms. The highest BCUT2D eigenvalue weighted by Crippen LogP contribution is 2.12. The Morgan fingerprint density at radius 1 is 1.36 bits per heavy atom. The third-order valence-electron chi connectivity index (χ3n) is 1.77. The van der Waals surface area contributed by atoms with Crippen molar-refractivity contribution in [3.63, 3.8) is 0 Å². The number of carbonyl (C=O) groups is 1. The average molecular weight is 190 g/mol. The van der Waals surface area contributed by atoms with Gasteiger partial charge in [0, 0.05) is 30.3 Å². The Hall–Kier alpha value is -2.00. The van der Waals surface area contributed by atoms with Crippen molar-refractivity contribution in [3.05, 3.63) is 40.3 Å². The van der Waals surface area contributed by atoms with E-state index in [2.05, 4.69) is 10.0 Å². The number of hydrogen-bond donors (Lipinski definition) is 0. The highest BCUT2D eigenvalue weighted by molar-refractivity contribution is 5.95. The van der Waals surface area contributed by atoms with Crippen LogP contribution in [0.2, 0.25) is 0 Å². The summed E-state index contributed by atoms with van der Waals surface area (Å²) in [6.07, 6.45) is 0. The second-order valence-corrected chi connectivity index (χ2v) is 2.94. The summed E-state index contributed by atoms with van der Waals surface area (Å²) >= 11 is 0. The van der Waals surface area contributed by atoms with Gasteiger partial charge < -0.3 is 4.90 Å². The Kier molecular flexibility index (Phi) is 3.09. The Labute approximate surface area is 81.6 Å². The van der Waals surface area contributed by atoms with E-state index in [9.17, 15) is 4.79 Å². The molecule has 5 nitrogen and oxygen atoms in total. The highest BCUT2D eigenvalue weighted by atomic mass is 16.1. The Bertz CT molecular complexity index is 376. The molecule has 0 aliphatic heterocycles. The van der Waals surface area contributed by atoms with Crippen LogP contribution in [0.4, 0.5) is 5.69 Å². The molecule has 0 atom stereocenters. The summed E-state index contributed by atoms with van der Waals surface area (Å²) in [6.45, 7) is 0. The summed E-state index contributed by atoms with van der Waals surface area (Å²) in [5.41, 5.74) is 9.46. The maximum atomic E-state index is 11.1. The maximum absolute atomic E-state index is 11.1. The molecule has 0 unspecified atom stereocenters. The van der Waals surface area contributed by atoms with Crippen LogP contribution in [0.25, 0.3) is 10.4 Å². The number of carbonyl (C=O) groups excluding carboxylic acids is 1. The number of rotatable bonds is 2. The van der Waals surface area contributed by atoms with Gasteiger partial charge in [-0.1, -0.05) is 0 Å². The van der Waals surface area contributed by atoms with Crippen LogP contribution >= 0.6 is 0 Å². The van der Waals surface area contributed by atoms with Crippen LogP contribution in [0.5, 0.6) is 0 Å². The lowest BCUT2D eigenvalue weighted by Gasteiger charge is -2.11. The maximum Gasteiger partial charge on any atom is 0.249 e. The first kappa shape index (κ1) is 10.1. The quantitative estimate of drug-likeness (QED) is 0.407. The molecule has 1 rings (SSSR count). The summed E-state index contributed by atoms with van der Waals surface area (Å²) in [5, 5.41) is 3.00. The van der Waals surface area contributed by atoms with Gasteiger partial charge in [-0.2, -0.15) is 0 Å². The number of azide groups is 1. The predicted octanol–water partition coefficient (Wildman–Crippen LogP) is 2.20. The second-order valence-electron chi connectivity index (χ2n) is 2.94. The average Bonchev–Trinajstić information content (AvgIpc) is 2.18. The van der Waals surface area contributed by atoms with E-state index in [1.165, 1.54) is 0 Å². The minimum Gasteiger partial charge on any atom is -0.378 e. The molecule has 0 aliphatic rings. The minimum atomic E-state index is -0.558. The van der Waals surface area contributed by atoms with Crippen molar-refractivity contribution in [2.45, 2.75) is 0 Å². The second kappa shape index (κ2) is 4.30. The van der Waals surface area contributed by atoms with Crippen molar-refractivity contribution >= 4 is 11.6 Å². The van der Waals surface area contributed by atoms with Gasteiger partial charge in [0.15, 0.2) is 0 Å². The van der Waals surface area contributed by atoms with Crippen LogP contribution in [0, 0.1) is 0 Å². The summed E-state index contributed by atoms with van der Waals surface area (Å²) < 4.78 is 0. The molecule has 0 saturated heterocycles. The van der Waals surface area contributed by atoms with E-state index in [1.807, 2.05) is 19.0 Å². The van der Waals surface area contributed by atoms with Crippen LogP contribution in [-0.2, 0) is 0 Å². The third kappa shape index (κ3) is 2.24. The molecule has 1 aromatic carbocycles. The van der Waals surface area contributed by atoms with Crippen LogP contribution in [0.1, 0.15) is 10.4 Å². The van der Waals surface area contributed by atoms with Crippen molar-refractivity contribution in [1.29, 1.82) is 0 Å². The lowest BCUT2D eigenvalue weighted by atomic mass is 10.2. The van der Waals surface area contributed by atoms with Gasteiger partial charge in [-0.05, 0) is 34.9 Å². The van der Waals surface area contributed by atoms with Crippen molar-refractivity contribution in [2.24, 2.45) is 5.11 Å². The van der Waals surface area contributed by atoms with Gasteiger partial charge in [-0.3, -0.25) is 4.79 Å². The van der Waals surface area contributed by atoms with Gasteiger partial charge >= 0.3 is 0 Å². The van der Waals surface area contributed by atoms with Crippen molar-refractivity contribution in [3.8, 4) is 0 Å². The van der Waals surface area contributed by atoms with E-state index in [-0.39, 0.29) is 0 Å². The number of hydrogen-bond acceptors (Lipinski definition) is 2. The summed E-state index contributed by atoms with van der Waals surface area (Å²) in [5.74, 6) is -0.558. The fourth-order valence-electron chi connectivity index (χ4n) is 1.00. The Morgan fingerprint density at radius 3 is 2.36 bits per heavy atom. The molecule has 0 fully saturated rings. The van der Waals surface area contributed by atoms with Crippen molar-refractivity contribution in [2.75, 3.05) is 19.0 Å². The largest absolute Gasteiger partial charge is 0.378 e. The zero-order valence-electron chi connectivity index (χ0n) is 8.01. The van der Waals surface area contributed by atoms with Gasteiger partial charge in [-0.25, -0.2) is 0 Å². The molecule has 0 saturated carbocycles. The van der Waals surface area contributed by atoms with Crippen LogP contribution in [0.3, 0.4) is 0 Å². The summed E-state index contributed by atoms with van der Waals surface area (Å²) in [6, 6.07) is 6.85. The van der Waals surface area contributed by atoms with Gasteiger partial charge in [-0.15, -0.1) is 0 Å². The SMILES string of the molecule is CN(C)c1ccc(C(=O)N=[N+]=[N-])cc1. The van der Waals surface area contributed by atoms with Crippen LogP contribution < -0.4 is 4.90 Å². The van der Waals surface area contributed by atoms with E-state index < -0.39 is 5.91 Å². The molecule has 0 bridgehead atoms. The lowest BCUT2D eigenvalue weighted by Crippen LogP contribution is -2.08. The first-order valence-electron chi connectivity index (χ1n) is 4.02. The van der Waals surface area contributed by atoms with E-state index >= 15 is 0 Å². The normalized spacial score (nSPS) is 9.00. The molecule has 72 valence electrons. The molecular weight excluding hydrogens is 180 g/mol. The van der Waals surface area contributed by atoms with Crippen molar-refractivity contribution in [1.82, 2.24) is 0 Å². The first-order valence-corrected chi connectivity index (χ1v) is 4.02. The topological polar surface area (TPSA) is 69.1 Å². The van der Waals surface area contributed by atoms with Gasteiger partial charge in [0.2, 0.25) is 5.91 Å². The predicted molar refractivity (Wildman–Crippen MR) is 54.2 cm³/mol. The molecular formula is C9H10N4O. The van der Waals surface area contributed by atoms with Crippen molar-refractivity contribution < 1.29 is 4.79 Å². The van der Waals surface area contributed by atoms with Crippen LogP contribution in [0.15, 0.2) is 29.4 Å². The molecule has 5 heteroatoms. The molecule has 1 amide bonds. The van der Waals surface area contributed by atoms with E-state index in [1.54, 1.807) is 24.3 Å². The van der Waals surface area contributed by atoms with Gasteiger partial charge in [0.25, 0.3) is 0 Å². The molecule has 0 aliphatic carbocycles. The summed E-state index contributed by atoms with van der Waals surface area (Å²) in [7, 11) is 3.81. The number of anilines is 1. The molecule has 0 aromatic heterocycles. The molecule has 1 aromatic rings. The summed E-state index contributed by atoms with van der Waals surface area (Å²) in [4.78, 5) is 15.4. The fourth-order valence-corrected chi connectivity index (χ4v) is 1.00. The van der Waals surface area contributed by atoms with E-state index in [4.69, 9.17) is 5.53 Å². The minimum absolute atomic E-state index is 0.397. The number of benzene rings is 1. The highest BCUT2D eigenvalue weighted by Gasteiger charge is 2.02. The number of nitrogens with zero attached hydrogens (tertiary/aromatic N) is 4. The lowest BCUT2D eigenvalue weighted by molar-refractivity contribution is 0.100. The Morgan fingerprint density at radius 2 is 1.93 bits per heavy atom. The molecule has 0 N–H and O–H groups in total. The van der Waals surface area contributed by atoms with Gasteiger partial charge in [0.1, 0.15) is 0 Å².